The number of nitrogens with one attached hydrogen (secondary N) is 1. The van der Waals surface area contributed by atoms with E-state index in [1.54, 1.807) is 6.21 Å². The fourth-order valence-electron chi connectivity index (χ4n) is 3.66. The van der Waals surface area contributed by atoms with Gasteiger partial charge in [-0.25, -0.2) is 5.43 Å². The molecule has 1 heterocycles. The zero-order valence-corrected chi connectivity index (χ0v) is 14.0. The molecule has 5 nitrogen and oxygen atoms in total. The summed E-state index contributed by atoms with van der Waals surface area (Å²) in [6, 6.07) is 7.81. The second-order valence-corrected chi connectivity index (χ2v) is 7.28. The van der Waals surface area contributed by atoms with Crippen LogP contribution in [0.25, 0.3) is 0 Å². The molecule has 0 radical (unpaired) electrons. The van der Waals surface area contributed by atoms with Crippen molar-refractivity contribution in [2.24, 2.45) is 15.9 Å². The topological polar surface area (TPSA) is 67.8 Å². The first-order chi connectivity index (χ1) is 10.7. The number of esters is 1. The Hall–Kier alpha value is -2.17. The smallest absolute Gasteiger partial charge is 0.313 e. The summed E-state index contributed by atoms with van der Waals surface area (Å²) in [5.74, 6) is -0.633. The van der Waals surface area contributed by atoms with Crippen LogP contribution in [-0.2, 0) is 14.3 Å². The van der Waals surface area contributed by atoms with E-state index in [2.05, 4.69) is 10.5 Å². The van der Waals surface area contributed by atoms with Crippen LogP contribution < -0.4 is 5.43 Å². The van der Waals surface area contributed by atoms with Gasteiger partial charge in [-0.1, -0.05) is 43.7 Å². The fourth-order valence-corrected chi connectivity index (χ4v) is 3.66. The molecule has 1 aromatic carbocycles. The van der Waals surface area contributed by atoms with Gasteiger partial charge in [0.2, 0.25) is 0 Å². The average molecular weight is 314 g/mol. The first-order valence-corrected chi connectivity index (χ1v) is 7.87. The molecule has 122 valence electrons. The number of carbonyl (C=O) groups is 2. The van der Waals surface area contributed by atoms with E-state index in [0.717, 1.165) is 11.1 Å². The summed E-state index contributed by atoms with van der Waals surface area (Å²) < 4.78 is 5.52. The molecule has 1 N–H and O–H groups in total. The molecule has 1 aliphatic carbocycles. The lowest BCUT2D eigenvalue weighted by atomic mass is 9.66. The van der Waals surface area contributed by atoms with E-state index < -0.39 is 16.4 Å². The lowest BCUT2D eigenvalue weighted by Gasteiger charge is -2.34. The number of hydrogen-bond donors (Lipinski definition) is 1. The van der Waals surface area contributed by atoms with Crippen LogP contribution in [0.1, 0.15) is 44.7 Å². The Balaban J connectivity index is 1.76. The molecule has 2 fully saturated rings. The van der Waals surface area contributed by atoms with Crippen molar-refractivity contribution < 1.29 is 14.3 Å². The molecule has 3 rings (SSSR count). The van der Waals surface area contributed by atoms with Crippen LogP contribution in [0.15, 0.2) is 29.4 Å². The van der Waals surface area contributed by atoms with Crippen LogP contribution in [0.4, 0.5) is 0 Å². The monoisotopic (exact) mass is 314 g/mol. The molecule has 2 unspecified atom stereocenters. The van der Waals surface area contributed by atoms with E-state index in [9.17, 15) is 9.59 Å². The molecule has 5 heteroatoms. The molecule has 2 bridgehead atoms. The van der Waals surface area contributed by atoms with Gasteiger partial charge in [0.1, 0.15) is 0 Å². The highest BCUT2D eigenvalue weighted by Gasteiger charge is 2.75. The van der Waals surface area contributed by atoms with Crippen LogP contribution in [0, 0.1) is 17.8 Å². The van der Waals surface area contributed by atoms with Gasteiger partial charge in [-0.05, 0) is 32.3 Å². The Labute approximate surface area is 136 Å². The van der Waals surface area contributed by atoms with Crippen molar-refractivity contribution in [1.82, 2.24) is 5.43 Å². The number of fused-ring (bicyclic) bond motifs is 2. The van der Waals surface area contributed by atoms with Crippen LogP contribution in [0.5, 0.6) is 0 Å². The molecular weight excluding hydrogens is 292 g/mol. The minimum absolute atomic E-state index is 0.286. The van der Waals surface area contributed by atoms with E-state index in [-0.39, 0.29) is 11.9 Å². The normalized spacial score (nSPS) is 31.4. The van der Waals surface area contributed by atoms with Crippen LogP contribution in [-0.4, -0.2) is 23.7 Å². The van der Waals surface area contributed by atoms with E-state index in [1.807, 2.05) is 52.0 Å². The number of ether oxygens (including phenoxy) is 1. The van der Waals surface area contributed by atoms with Gasteiger partial charge in [0, 0.05) is 5.41 Å². The zero-order valence-electron chi connectivity index (χ0n) is 14.0. The Morgan fingerprint density at radius 1 is 1.22 bits per heavy atom. The van der Waals surface area contributed by atoms with Gasteiger partial charge in [0.25, 0.3) is 5.91 Å². The van der Waals surface area contributed by atoms with E-state index in [0.29, 0.717) is 12.8 Å². The van der Waals surface area contributed by atoms with E-state index in [4.69, 9.17) is 4.74 Å². The molecule has 1 saturated carbocycles. The summed E-state index contributed by atoms with van der Waals surface area (Å²) in [4.78, 5) is 24.8. The maximum absolute atomic E-state index is 12.7. The quantitative estimate of drug-likeness (QED) is 0.530. The van der Waals surface area contributed by atoms with Gasteiger partial charge in [-0.15, -0.1) is 0 Å². The maximum Gasteiger partial charge on any atom is 0.313 e. The lowest BCUT2D eigenvalue weighted by Crippen LogP contribution is -2.52. The van der Waals surface area contributed by atoms with Gasteiger partial charge >= 0.3 is 5.97 Å². The lowest BCUT2D eigenvalue weighted by molar-refractivity contribution is -0.168. The zero-order chi connectivity index (χ0) is 16.9. The molecule has 1 amide bonds. The van der Waals surface area contributed by atoms with E-state index >= 15 is 0 Å². The molecule has 0 aromatic heterocycles. The summed E-state index contributed by atoms with van der Waals surface area (Å²) >= 11 is 0. The summed E-state index contributed by atoms with van der Waals surface area (Å²) in [7, 11) is 0. The minimum atomic E-state index is -1.12. The first-order valence-electron chi connectivity index (χ1n) is 7.87. The highest BCUT2D eigenvalue weighted by molar-refractivity contribution is 5.96. The van der Waals surface area contributed by atoms with Crippen molar-refractivity contribution in [2.45, 2.75) is 46.1 Å². The highest BCUT2D eigenvalue weighted by Crippen LogP contribution is 2.65. The summed E-state index contributed by atoms with van der Waals surface area (Å²) in [5, 5.41) is 4.02. The average Bonchev–Trinajstić information content (AvgIpc) is 2.79. The number of carbonyl (C=O) groups excluding carboxylic acids is 2. The third-order valence-electron chi connectivity index (χ3n) is 5.91. The van der Waals surface area contributed by atoms with E-state index in [1.165, 1.54) is 0 Å². The highest BCUT2D eigenvalue weighted by atomic mass is 16.6. The Kier molecular flexibility index (Phi) is 3.36. The molecule has 2 atom stereocenters. The second kappa shape index (κ2) is 4.91. The Morgan fingerprint density at radius 2 is 1.87 bits per heavy atom. The van der Waals surface area contributed by atoms with Crippen molar-refractivity contribution in [3.63, 3.8) is 0 Å². The molecule has 1 aromatic rings. The number of aryl methyl sites for hydroxylation is 1. The largest absolute Gasteiger partial charge is 0.448 e. The number of benzene rings is 1. The number of rotatable bonds is 3. The summed E-state index contributed by atoms with van der Waals surface area (Å²) in [6.45, 7) is 7.74. The second-order valence-electron chi connectivity index (χ2n) is 7.28. The number of hydrogen-bond acceptors (Lipinski definition) is 4. The van der Waals surface area contributed by atoms with Gasteiger partial charge in [0.05, 0.1) is 11.6 Å². The van der Waals surface area contributed by atoms with Crippen LogP contribution in [0.2, 0.25) is 0 Å². The maximum atomic E-state index is 12.7. The van der Waals surface area contributed by atoms with Crippen LogP contribution in [0.3, 0.4) is 0 Å². The van der Waals surface area contributed by atoms with Gasteiger partial charge < -0.3 is 4.74 Å². The van der Waals surface area contributed by atoms with Gasteiger partial charge in [-0.2, -0.15) is 5.10 Å². The number of hydrazone groups is 1. The number of amides is 1. The first kappa shape index (κ1) is 15.7. The van der Waals surface area contributed by atoms with Crippen molar-refractivity contribution >= 4 is 18.1 Å². The predicted octanol–water partition coefficient (Wildman–Crippen LogP) is 2.57. The molecule has 1 saturated heterocycles. The number of nitrogens with zero attached hydrogens (tertiary/aromatic N) is 1. The Bertz CT molecular complexity index is 693. The van der Waals surface area contributed by atoms with Crippen molar-refractivity contribution in [3.05, 3.63) is 35.4 Å². The molecule has 2 aliphatic rings. The summed E-state index contributed by atoms with van der Waals surface area (Å²) in [5.41, 5.74) is 2.33. The van der Waals surface area contributed by atoms with Gasteiger partial charge in [-0.3, -0.25) is 9.59 Å². The van der Waals surface area contributed by atoms with Crippen LogP contribution >= 0.6 is 0 Å². The fraction of sp³-hybridized carbons (Fsp3) is 0.500. The predicted molar refractivity (Wildman–Crippen MR) is 86.9 cm³/mol. The minimum Gasteiger partial charge on any atom is -0.448 e. The van der Waals surface area contributed by atoms with Crippen molar-refractivity contribution in [3.8, 4) is 0 Å². The van der Waals surface area contributed by atoms with Crippen molar-refractivity contribution in [2.75, 3.05) is 0 Å². The summed E-state index contributed by atoms with van der Waals surface area (Å²) in [6.07, 6.45) is 2.79. The molecule has 1 aliphatic heterocycles. The SMILES string of the molecule is Cc1ccc(C=NNC(=O)C23CCC(C)(C(=O)O2)C3(C)C)cc1. The standard InChI is InChI=1S/C18H22N2O3/c1-12-5-7-13(8-6-12)11-19-20-14(21)18-10-9-17(4,15(22)23-18)16(18,2)3/h5-8,11H,9-10H2,1-4H3,(H,20,21). The van der Waals surface area contributed by atoms with Crippen molar-refractivity contribution in [1.29, 1.82) is 0 Å². The molecular formula is C18H22N2O3. The Morgan fingerprint density at radius 3 is 2.39 bits per heavy atom. The van der Waals surface area contributed by atoms with Gasteiger partial charge in [0.15, 0.2) is 5.60 Å². The molecule has 0 spiro atoms. The third-order valence-corrected chi connectivity index (χ3v) is 5.91. The third kappa shape index (κ3) is 2.02. The molecule has 23 heavy (non-hydrogen) atoms.